The van der Waals surface area contributed by atoms with Crippen LogP contribution in [0.2, 0.25) is 10.3 Å². The van der Waals surface area contributed by atoms with Crippen LogP contribution in [0, 0.1) is 0 Å². The zero-order valence-corrected chi connectivity index (χ0v) is 23.3. The van der Waals surface area contributed by atoms with Gasteiger partial charge in [0.15, 0.2) is 11.5 Å². The first kappa shape index (κ1) is 28.6. The number of imidazole rings is 1. The molecule has 1 amide bonds. The highest BCUT2D eigenvalue weighted by Gasteiger charge is 2.18. The van der Waals surface area contributed by atoms with Gasteiger partial charge in [0, 0.05) is 24.2 Å². The lowest BCUT2D eigenvalue weighted by molar-refractivity contribution is 0.143. The Morgan fingerprint density at radius 3 is 2.51 bits per heavy atom. The van der Waals surface area contributed by atoms with E-state index in [0.717, 1.165) is 11.1 Å². The number of aryl methyl sites for hydroxylation is 1. The number of unbranched alkanes of at least 4 members (excludes halogenated alkanes) is 1. The summed E-state index contributed by atoms with van der Waals surface area (Å²) >= 11 is 11.8. The third-order valence-corrected chi connectivity index (χ3v) is 7.84. The van der Waals surface area contributed by atoms with Gasteiger partial charge in [0.25, 0.3) is 0 Å². The minimum atomic E-state index is -3.74. The van der Waals surface area contributed by atoms with Gasteiger partial charge >= 0.3 is 6.09 Å². The van der Waals surface area contributed by atoms with Crippen LogP contribution in [-0.4, -0.2) is 40.6 Å². The first-order chi connectivity index (χ1) is 18.6. The number of nitrogens with two attached hydrogens (primary N) is 1. The van der Waals surface area contributed by atoms with Gasteiger partial charge in [-0.15, -0.1) is 0 Å². The van der Waals surface area contributed by atoms with Crippen molar-refractivity contribution < 1.29 is 17.9 Å². The maximum atomic E-state index is 12.8. The molecule has 0 fully saturated rings. The number of nitrogen functional groups attached to an aromatic ring is 1. The Bertz CT molecular complexity index is 1550. The van der Waals surface area contributed by atoms with Gasteiger partial charge in [0.2, 0.25) is 15.3 Å². The maximum Gasteiger partial charge on any atom is 0.407 e. The van der Waals surface area contributed by atoms with Gasteiger partial charge in [0.05, 0.1) is 17.8 Å². The van der Waals surface area contributed by atoms with Crippen molar-refractivity contribution in [3.8, 4) is 0 Å². The number of hydrogen-bond donors (Lipinski definition) is 3. The van der Waals surface area contributed by atoms with E-state index in [1.165, 1.54) is 12.1 Å². The number of hydrogen-bond acceptors (Lipinski definition) is 8. The SMILES string of the molecule is C[C@@H](NS(=O)(=O)c1ccc(CNC(=O)OCCCCn2cnc3c(N)nc(Cl)nc32)cc1)c1ccc(Cl)cc1. The van der Waals surface area contributed by atoms with Gasteiger partial charge in [-0.3, -0.25) is 0 Å². The number of carbonyl (C=O) groups excluding carboxylic acids is 1. The van der Waals surface area contributed by atoms with Gasteiger partial charge in [0.1, 0.15) is 5.52 Å². The number of aromatic nitrogens is 4. The van der Waals surface area contributed by atoms with Gasteiger partial charge in [-0.05, 0) is 66.8 Å². The monoisotopic (exact) mass is 591 g/mol. The minimum Gasteiger partial charge on any atom is -0.450 e. The summed E-state index contributed by atoms with van der Waals surface area (Å²) in [6.07, 6.45) is 2.38. The lowest BCUT2D eigenvalue weighted by Crippen LogP contribution is -2.27. The number of sulfonamides is 1. The number of nitrogens with zero attached hydrogens (tertiary/aromatic N) is 4. The lowest BCUT2D eigenvalue weighted by atomic mass is 10.1. The highest BCUT2D eigenvalue weighted by atomic mass is 35.5. The largest absolute Gasteiger partial charge is 0.450 e. The van der Waals surface area contributed by atoms with Crippen molar-refractivity contribution in [1.82, 2.24) is 29.6 Å². The van der Waals surface area contributed by atoms with E-state index in [-0.39, 0.29) is 29.1 Å². The van der Waals surface area contributed by atoms with Crippen LogP contribution in [0.4, 0.5) is 10.6 Å². The second kappa shape index (κ2) is 12.6. The van der Waals surface area contributed by atoms with Gasteiger partial charge in [-0.25, -0.2) is 22.9 Å². The third kappa shape index (κ3) is 7.57. The van der Waals surface area contributed by atoms with Crippen molar-refractivity contribution in [3.63, 3.8) is 0 Å². The molecule has 0 aliphatic heterocycles. The standard InChI is InChI=1S/C25H27Cl2N7O4S/c1-16(18-6-8-19(26)9-7-18)33-39(36,37)20-10-4-17(5-11-20)14-29-25(35)38-13-3-2-12-34-15-30-21-22(28)31-24(27)32-23(21)34/h4-11,15-16,33H,2-3,12-14H2,1H3,(H,29,35)(H2,28,31,32)/t16-/m1/s1. The molecule has 0 aliphatic rings. The zero-order valence-electron chi connectivity index (χ0n) is 21.0. The molecule has 0 unspecified atom stereocenters. The molecular formula is C25H27Cl2N7O4S. The second-order valence-corrected chi connectivity index (χ2v) is 11.2. The highest BCUT2D eigenvalue weighted by Crippen LogP contribution is 2.20. The fourth-order valence-electron chi connectivity index (χ4n) is 3.78. The Kier molecular flexibility index (Phi) is 9.23. The molecule has 0 spiro atoms. The number of halogens is 2. The van der Waals surface area contributed by atoms with Gasteiger partial charge in [-0.1, -0.05) is 35.9 Å². The second-order valence-electron chi connectivity index (χ2n) is 8.72. The summed E-state index contributed by atoms with van der Waals surface area (Å²) in [4.78, 5) is 24.4. The molecule has 0 saturated carbocycles. The number of carbonyl (C=O) groups is 1. The summed E-state index contributed by atoms with van der Waals surface area (Å²) < 4.78 is 35.2. The molecule has 1 atom stereocenters. The molecule has 39 heavy (non-hydrogen) atoms. The normalized spacial score (nSPS) is 12.4. The number of rotatable bonds is 11. The molecule has 0 bridgehead atoms. The quantitative estimate of drug-likeness (QED) is 0.170. The van der Waals surface area contributed by atoms with Crippen molar-refractivity contribution in [1.29, 1.82) is 0 Å². The Balaban J connectivity index is 1.18. The van der Waals surface area contributed by atoms with Crippen LogP contribution in [-0.2, 0) is 27.8 Å². The highest BCUT2D eigenvalue weighted by molar-refractivity contribution is 7.89. The summed E-state index contributed by atoms with van der Waals surface area (Å²) in [6.45, 7) is 2.77. The number of ether oxygens (including phenoxy) is 1. The average molecular weight is 593 g/mol. The van der Waals surface area contributed by atoms with Gasteiger partial charge < -0.3 is 20.4 Å². The summed E-state index contributed by atoms with van der Waals surface area (Å²) in [6, 6.07) is 12.8. The molecule has 206 valence electrons. The van der Waals surface area contributed by atoms with Gasteiger partial charge in [-0.2, -0.15) is 9.97 Å². The predicted molar refractivity (Wildman–Crippen MR) is 149 cm³/mol. The first-order valence-corrected chi connectivity index (χ1v) is 14.3. The fraction of sp³-hybridized carbons (Fsp3) is 0.280. The zero-order chi connectivity index (χ0) is 28.0. The lowest BCUT2D eigenvalue weighted by Gasteiger charge is -2.15. The number of amides is 1. The van der Waals surface area contributed by atoms with E-state index in [4.69, 9.17) is 33.7 Å². The Morgan fingerprint density at radius 1 is 1.08 bits per heavy atom. The molecule has 11 nitrogen and oxygen atoms in total. The molecule has 0 radical (unpaired) electrons. The van der Waals surface area contributed by atoms with E-state index in [9.17, 15) is 13.2 Å². The van der Waals surface area contributed by atoms with E-state index in [1.807, 2.05) is 4.57 Å². The average Bonchev–Trinajstić information content (AvgIpc) is 3.30. The third-order valence-electron chi connectivity index (χ3n) is 5.86. The molecule has 0 saturated heterocycles. The van der Waals surface area contributed by atoms with Crippen molar-refractivity contribution in [2.24, 2.45) is 0 Å². The topological polar surface area (TPSA) is 154 Å². The van der Waals surface area contributed by atoms with Crippen LogP contribution in [0.3, 0.4) is 0 Å². The Morgan fingerprint density at radius 2 is 1.79 bits per heavy atom. The van der Waals surface area contributed by atoms with Crippen molar-refractivity contribution in [2.75, 3.05) is 12.3 Å². The van der Waals surface area contributed by atoms with Crippen molar-refractivity contribution >= 4 is 56.3 Å². The summed E-state index contributed by atoms with van der Waals surface area (Å²) in [5.41, 5.74) is 8.37. The number of anilines is 1. The molecule has 4 rings (SSSR count). The number of benzene rings is 2. The molecule has 0 aliphatic carbocycles. The predicted octanol–water partition coefficient (Wildman–Crippen LogP) is 4.46. The maximum absolute atomic E-state index is 12.8. The first-order valence-electron chi connectivity index (χ1n) is 12.0. The summed E-state index contributed by atoms with van der Waals surface area (Å²) in [5, 5.41) is 3.29. The van der Waals surface area contributed by atoms with E-state index in [0.29, 0.717) is 35.6 Å². The van der Waals surface area contributed by atoms with Crippen LogP contribution >= 0.6 is 23.2 Å². The molecule has 2 aromatic carbocycles. The van der Waals surface area contributed by atoms with E-state index < -0.39 is 22.2 Å². The summed E-state index contributed by atoms with van der Waals surface area (Å²) in [7, 11) is -3.74. The fourth-order valence-corrected chi connectivity index (χ4v) is 5.31. The number of nitrogens with one attached hydrogen (secondary N) is 2. The molecular weight excluding hydrogens is 565 g/mol. The Labute approximate surface area is 235 Å². The molecule has 4 N–H and O–H groups in total. The van der Waals surface area contributed by atoms with E-state index >= 15 is 0 Å². The summed E-state index contributed by atoms with van der Waals surface area (Å²) in [5.74, 6) is 0.223. The van der Waals surface area contributed by atoms with Crippen LogP contribution in [0.25, 0.3) is 11.2 Å². The van der Waals surface area contributed by atoms with Crippen molar-refractivity contribution in [3.05, 3.63) is 76.3 Å². The Hall–Kier alpha value is -3.45. The van der Waals surface area contributed by atoms with E-state index in [1.54, 1.807) is 49.6 Å². The molecule has 14 heteroatoms. The molecule has 2 aromatic heterocycles. The minimum absolute atomic E-state index is 0.0541. The van der Waals surface area contributed by atoms with E-state index in [2.05, 4.69) is 25.0 Å². The number of fused-ring (bicyclic) bond motifs is 1. The van der Waals surface area contributed by atoms with Crippen LogP contribution in [0.5, 0.6) is 0 Å². The molecule has 4 aromatic rings. The number of alkyl carbamates (subject to hydrolysis) is 1. The van der Waals surface area contributed by atoms with Crippen LogP contribution in [0.1, 0.15) is 36.9 Å². The molecule has 2 heterocycles. The smallest absolute Gasteiger partial charge is 0.407 e. The van der Waals surface area contributed by atoms with Crippen LogP contribution in [0.15, 0.2) is 59.8 Å². The van der Waals surface area contributed by atoms with Crippen molar-refractivity contribution in [2.45, 2.75) is 43.8 Å². The van der Waals surface area contributed by atoms with Crippen LogP contribution < -0.4 is 15.8 Å².